The van der Waals surface area contributed by atoms with Gasteiger partial charge in [-0.15, -0.1) is 0 Å². The number of aromatic nitrogens is 3. The first-order valence-corrected chi connectivity index (χ1v) is 16.1. The molecule has 2 aromatic carbocycles. The summed E-state index contributed by atoms with van der Waals surface area (Å²) in [6.07, 6.45) is 0. The van der Waals surface area contributed by atoms with Crippen LogP contribution < -0.4 is 20.5 Å². The van der Waals surface area contributed by atoms with Crippen molar-refractivity contribution < 1.29 is 22.3 Å². The van der Waals surface area contributed by atoms with Gasteiger partial charge in [-0.25, -0.2) is 23.9 Å². The number of nitrogens with zero attached hydrogens (tertiary/aromatic N) is 5. The number of rotatable bonds is 6. The smallest absolute Gasteiger partial charge is 0.331 e. The number of morpholine rings is 1. The summed E-state index contributed by atoms with van der Waals surface area (Å²) < 4.78 is 49.5. The standard InChI is InChI=1S/C30H31ClFN7O5S/c1-17-12-22(26-23(13-17)28(40)37(3)29(35-26)39-15-19-4-5-21(32)14-20(19)16-39)18(2)33-24-6-7-25(31)34-27(24)45(42,43)36-30(41)38-8-10-44-11-9-38/h4-7,12-14,18,33H,8-11,15-16H2,1-3H3,(H,36,41)/t18-/m1/s1. The van der Waals surface area contributed by atoms with Crippen molar-refractivity contribution in [2.75, 3.05) is 36.5 Å². The number of amides is 2. The molecule has 0 aliphatic carbocycles. The minimum atomic E-state index is -4.44. The van der Waals surface area contributed by atoms with Crippen molar-refractivity contribution in [1.82, 2.24) is 24.2 Å². The SMILES string of the molecule is Cc1cc([C@@H](C)Nc2ccc(Cl)nc2S(=O)(=O)NC(=O)N2CCOCC2)c2nc(N3Cc4ccc(F)cc4C3)n(C)c(=O)c2c1. The molecule has 4 heterocycles. The third kappa shape index (κ3) is 6.04. The Balaban J connectivity index is 1.35. The molecule has 4 aromatic rings. The Morgan fingerprint density at radius 2 is 1.80 bits per heavy atom. The molecule has 15 heteroatoms. The van der Waals surface area contributed by atoms with Gasteiger partial charge in [0, 0.05) is 38.8 Å². The van der Waals surface area contributed by atoms with Gasteiger partial charge in [-0.05, 0) is 60.9 Å². The largest absolute Gasteiger partial charge is 0.378 e. The zero-order valence-corrected chi connectivity index (χ0v) is 26.4. The summed E-state index contributed by atoms with van der Waals surface area (Å²) in [7, 11) is -2.79. The molecule has 2 amide bonds. The molecule has 45 heavy (non-hydrogen) atoms. The first-order chi connectivity index (χ1) is 21.4. The molecule has 12 nitrogen and oxygen atoms in total. The average molecular weight is 656 g/mol. The Morgan fingerprint density at radius 1 is 1.07 bits per heavy atom. The lowest BCUT2D eigenvalue weighted by Gasteiger charge is -2.27. The van der Waals surface area contributed by atoms with E-state index in [1.165, 1.54) is 33.7 Å². The lowest BCUT2D eigenvalue weighted by molar-refractivity contribution is 0.0545. The molecule has 2 N–H and O–H groups in total. The molecule has 0 radical (unpaired) electrons. The number of benzene rings is 2. The molecule has 1 atom stereocenters. The number of nitrogens with one attached hydrogen (secondary N) is 2. The number of fused-ring (bicyclic) bond motifs is 2. The van der Waals surface area contributed by atoms with Crippen LogP contribution in [0.2, 0.25) is 5.15 Å². The van der Waals surface area contributed by atoms with Gasteiger partial charge in [-0.1, -0.05) is 23.7 Å². The normalized spacial score (nSPS) is 15.7. The van der Waals surface area contributed by atoms with E-state index < -0.39 is 27.1 Å². The van der Waals surface area contributed by atoms with Crippen molar-refractivity contribution in [3.05, 3.63) is 86.0 Å². The van der Waals surface area contributed by atoms with Crippen LogP contribution in [0, 0.1) is 12.7 Å². The fourth-order valence-electron chi connectivity index (χ4n) is 5.70. The van der Waals surface area contributed by atoms with Gasteiger partial charge < -0.3 is 19.9 Å². The van der Waals surface area contributed by atoms with Crippen LogP contribution >= 0.6 is 11.6 Å². The topological polar surface area (TPSA) is 139 Å². The maximum Gasteiger partial charge on any atom is 0.331 e. The molecule has 2 aliphatic rings. The maximum absolute atomic E-state index is 13.9. The Hall–Kier alpha value is -4.27. The Labute approximate surface area is 263 Å². The van der Waals surface area contributed by atoms with Gasteiger partial charge in [0.1, 0.15) is 11.0 Å². The minimum absolute atomic E-state index is 0.0744. The van der Waals surface area contributed by atoms with Crippen molar-refractivity contribution in [2.24, 2.45) is 7.05 Å². The van der Waals surface area contributed by atoms with Crippen LogP contribution in [0.4, 0.5) is 20.8 Å². The fourth-order valence-corrected chi connectivity index (χ4v) is 6.98. The van der Waals surface area contributed by atoms with Crippen LogP contribution in [0.3, 0.4) is 0 Å². The molecule has 236 valence electrons. The van der Waals surface area contributed by atoms with E-state index in [1.807, 2.05) is 17.9 Å². The summed E-state index contributed by atoms with van der Waals surface area (Å²) in [6.45, 7) is 5.63. The van der Waals surface area contributed by atoms with Gasteiger partial charge in [0.15, 0.2) is 0 Å². The Kier molecular flexibility index (Phi) is 8.14. The molecule has 1 fully saturated rings. The number of carbonyl (C=O) groups is 1. The number of urea groups is 1. The number of halogens is 2. The fraction of sp³-hybridized carbons (Fsp3) is 0.333. The third-order valence-corrected chi connectivity index (χ3v) is 9.42. The quantitative estimate of drug-likeness (QED) is 0.297. The first kappa shape index (κ1) is 30.7. The van der Waals surface area contributed by atoms with E-state index in [9.17, 15) is 22.4 Å². The van der Waals surface area contributed by atoms with Crippen molar-refractivity contribution in [3.8, 4) is 0 Å². The van der Waals surface area contributed by atoms with Crippen molar-refractivity contribution in [1.29, 1.82) is 0 Å². The van der Waals surface area contributed by atoms with E-state index in [0.29, 0.717) is 48.7 Å². The van der Waals surface area contributed by atoms with Crippen LogP contribution in [0.1, 0.15) is 35.2 Å². The van der Waals surface area contributed by atoms with Gasteiger partial charge in [-0.2, -0.15) is 8.42 Å². The molecular weight excluding hydrogens is 625 g/mol. The van der Waals surface area contributed by atoms with Crippen molar-refractivity contribution in [3.63, 3.8) is 0 Å². The monoisotopic (exact) mass is 655 g/mol. The van der Waals surface area contributed by atoms with Crippen LogP contribution in [-0.4, -0.2) is 60.2 Å². The molecule has 2 aromatic heterocycles. The van der Waals surface area contributed by atoms with E-state index in [-0.39, 0.29) is 35.3 Å². The third-order valence-electron chi connectivity index (χ3n) is 7.94. The molecule has 6 rings (SSSR count). The predicted molar refractivity (Wildman–Crippen MR) is 167 cm³/mol. The second-order valence-electron chi connectivity index (χ2n) is 11.2. The number of hydrogen-bond donors (Lipinski definition) is 2. The van der Waals surface area contributed by atoms with Gasteiger partial charge in [0.25, 0.3) is 15.6 Å². The maximum atomic E-state index is 13.9. The van der Waals surface area contributed by atoms with Gasteiger partial charge >= 0.3 is 6.03 Å². The molecule has 1 saturated heterocycles. The summed E-state index contributed by atoms with van der Waals surface area (Å²) in [4.78, 5) is 38.6. The van der Waals surface area contributed by atoms with Crippen molar-refractivity contribution >= 4 is 50.2 Å². The van der Waals surface area contributed by atoms with Gasteiger partial charge in [0.05, 0.1) is 35.8 Å². The number of sulfonamides is 1. The predicted octanol–water partition coefficient (Wildman–Crippen LogP) is 3.85. The summed E-state index contributed by atoms with van der Waals surface area (Å²) in [5, 5.41) is 3.06. The molecule has 0 bridgehead atoms. The first-order valence-electron chi connectivity index (χ1n) is 14.3. The average Bonchev–Trinajstić information content (AvgIpc) is 3.42. The van der Waals surface area contributed by atoms with E-state index in [1.54, 1.807) is 26.1 Å². The minimum Gasteiger partial charge on any atom is -0.378 e. The highest BCUT2D eigenvalue weighted by Crippen LogP contribution is 2.32. The summed E-state index contributed by atoms with van der Waals surface area (Å²) in [5.41, 5.74) is 3.51. The highest BCUT2D eigenvalue weighted by atomic mass is 35.5. The number of hydrogen-bond acceptors (Lipinski definition) is 9. The number of pyridine rings is 1. The Morgan fingerprint density at radius 3 is 2.56 bits per heavy atom. The van der Waals surface area contributed by atoms with Crippen LogP contribution in [0.15, 0.2) is 52.3 Å². The second kappa shape index (κ2) is 11.9. The molecule has 2 aliphatic heterocycles. The summed E-state index contributed by atoms with van der Waals surface area (Å²) in [6, 6.07) is 9.83. The molecular formula is C30H31ClFN7O5S. The molecule has 0 unspecified atom stereocenters. The molecule has 0 spiro atoms. The van der Waals surface area contributed by atoms with Crippen LogP contribution in [-0.2, 0) is 34.9 Å². The summed E-state index contributed by atoms with van der Waals surface area (Å²) in [5.74, 6) is 0.0935. The van der Waals surface area contributed by atoms with E-state index >= 15 is 0 Å². The van der Waals surface area contributed by atoms with E-state index in [4.69, 9.17) is 21.3 Å². The zero-order valence-electron chi connectivity index (χ0n) is 24.8. The molecule has 0 saturated carbocycles. The van der Waals surface area contributed by atoms with E-state index in [0.717, 1.165) is 16.7 Å². The highest BCUT2D eigenvalue weighted by Gasteiger charge is 2.29. The van der Waals surface area contributed by atoms with Crippen molar-refractivity contribution in [2.45, 2.75) is 38.0 Å². The number of aryl methyl sites for hydroxylation is 1. The van der Waals surface area contributed by atoms with Gasteiger partial charge in [-0.3, -0.25) is 9.36 Å². The van der Waals surface area contributed by atoms with Gasteiger partial charge in [0.2, 0.25) is 11.0 Å². The van der Waals surface area contributed by atoms with Crippen LogP contribution in [0.25, 0.3) is 10.9 Å². The summed E-state index contributed by atoms with van der Waals surface area (Å²) >= 11 is 6.10. The second-order valence-corrected chi connectivity index (χ2v) is 13.1. The number of ether oxygens (including phenoxy) is 1. The lowest BCUT2D eigenvalue weighted by atomic mass is 10.0. The highest BCUT2D eigenvalue weighted by molar-refractivity contribution is 7.90. The lowest BCUT2D eigenvalue weighted by Crippen LogP contribution is -2.48. The number of carbonyl (C=O) groups excluding carboxylic acids is 1. The number of anilines is 2. The zero-order chi connectivity index (χ0) is 32.0. The Bertz CT molecular complexity index is 2000. The van der Waals surface area contributed by atoms with E-state index in [2.05, 4.69) is 15.0 Å². The van der Waals surface area contributed by atoms with Crippen LogP contribution in [0.5, 0.6) is 0 Å².